The van der Waals surface area contributed by atoms with Gasteiger partial charge in [-0.1, -0.05) is 12.1 Å². The summed E-state index contributed by atoms with van der Waals surface area (Å²) in [6.07, 6.45) is 6.63. The van der Waals surface area contributed by atoms with E-state index < -0.39 is 0 Å². The van der Waals surface area contributed by atoms with Gasteiger partial charge >= 0.3 is 0 Å². The topological polar surface area (TPSA) is 77.6 Å². The van der Waals surface area contributed by atoms with E-state index in [4.69, 9.17) is 0 Å². The first-order chi connectivity index (χ1) is 12.2. The molecule has 0 unspecified atom stereocenters. The van der Waals surface area contributed by atoms with Crippen LogP contribution >= 0.6 is 11.8 Å². The van der Waals surface area contributed by atoms with E-state index in [-0.39, 0.29) is 11.9 Å². The third kappa shape index (κ3) is 4.08. The minimum Gasteiger partial charge on any atom is -0.342 e. The van der Waals surface area contributed by atoms with Crippen LogP contribution in [0.4, 0.5) is 5.69 Å². The van der Waals surface area contributed by atoms with Crippen LogP contribution in [0.15, 0.2) is 48.8 Å². The molecule has 1 aromatic carbocycles. The Morgan fingerprint density at radius 1 is 1.24 bits per heavy atom. The molecule has 1 N–H and O–H groups in total. The molecule has 8 heteroatoms. The second-order valence-electron chi connectivity index (χ2n) is 5.56. The Morgan fingerprint density at radius 2 is 2.00 bits per heavy atom. The number of anilines is 1. The summed E-state index contributed by atoms with van der Waals surface area (Å²) >= 11 is 1.73. The Bertz CT molecular complexity index is 829. The number of benzene rings is 1. The third-order valence-electron chi connectivity index (χ3n) is 3.82. The Hall–Kier alpha value is -2.61. The normalized spacial score (nSPS) is 12.1. The van der Waals surface area contributed by atoms with Crippen LogP contribution in [0.25, 0.3) is 11.4 Å². The molecular weight excluding hydrogens is 336 g/mol. The number of aromatic nitrogens is 5. The zero-order chi connectivity index (χ0) is 17.6. The van der Waals surface area contributed by atoms with Crippen LogP contribution in [0.5, 0.6) is 0 Å². The monoisotopic (exact) mass is 356 g/mol. The molecule has 0 aliphatic rings. The van der Waals surface area contributed by atoms with E-state index in [0.29, 0.717) is 11.5 Å². The van der Waals surface area contributed by atoms with Crippen molar-refractivity contribution >= 4 is 23.4 Å². The molecule has 2 heterocycles. The molecule has 25 heavy (non-hydrogen) atoms. The molecule has 0 spiro atoms. The molecule has 3 aromatic rings. The summed E-state index contributed by atoms with van der Waals surface area (Å²) in [4.78, 5) is 14.3. The zero-order valence-corrected chi connectivity index (χ0v) is 15.0. The fourth-order valence-corrected chi connectivity index (χ4v) is 3.05. The summed E-state index contributed by atoms with van der Waals surface area (Å²) < 4.78 is 1.94. The molecule has 0 radical (unpaired) electrons. The Kier molecular flexibility index (Phi) is 5.49. The van der Waals surface area contributed by atoms with Crippen molar-refractivity contribution in [3.63, 3.8) is 0 Å². The quantitative estimate of drug-likeness (QED) is 0.704. The second-order valence-corrected chi connectivity index (χ2v) is 6.55. The number of amides is 1. The molecule has 3 rings (SSSR count). The molecule has 0 saturated carbocycles. The molecule has 2 aromatic heterocycles. The molecule has 1 amide bonds. The summed E-state index contributed by atoms with van der Waals surface area (Å²) in [5.41, 5.74) is 1.43. The van der Waals surface area contributed by atoms with Crippen molar-refractivity contribution < 1.29 is 4.79 Å². The molecule has 0 bridgehead atoms. The van der Waals surface area contributed by atoms with Gasteiger partial charge in [-0.15, -0.1) is 10.2 Å². The van der Waals surface area contributed by atoms with Gasteiger partial charge in [0.15, 0.2) is 0 Å². The van der Waals surface area contributed by atoms with Gasteiger partial charge in [0.1, 0.15) is 6.04 Å². The van der Waals surface area contributed by atoms with E-state index in [0.717, 1.165) is 17.7 Å². The molecule has 1 atom stereocenters. The lowest BCUT2D eigenvalue weighted by Crippen LogP contribution is -2.26. The average molecular weight is 356 g/mol. The number of hydrogen-bond donors (Lipinski definition) is 1. The highest BCUT2D eigenvalue weighted by atomic mass is 32.2. The van der Waals surface area contributed by atoms with Gasteiger partial charge in [-0.2, -0.15) is 16.6 Å². The first-order valence-corrected chi connectivity index (χ1v) is 9.34. The summed E-state index contributed by atoms with van der Waals surface area (Å²) in [7, 11) is 1.71. The minimum atomic E-state index is -0.259. The van der Waals surface area contributed by atoms with Crippen LogP contribution in [-0.4, -0.2) is 42.7 Å². The zero-order valence-electron chi connectivity index (χ0n) is 14.2. The number of nitrogens with zero attached hydrogens (tertiary/aromatic N) is 5. The van der Waals surface area contributed by atoms with Gasteiger partial charge in [0.25, 0.3) is 0 Å². The lowest BCUT2D eigenvalue weighted by Gasteiger charge is -2.19. The van der Waals surface area contributed by atoms with Gasteiger partial charge in [-0.3, -0.25) is 4.79 Å². The maximum absolute atomic E-state index is 12.9. The first-order valence-electron chi connectivity index (χ1n) is 7.94. The Labute approximate surface area is 150 Å². The Morgan fingerprint density at radius 3 is 2.68 bits per heavy atom. The number of thioether (sulfide) groups is 1. The van der Waals surface area contributed by atoms with E-state index in [1.165, 1.54) is 4.80 Å². The van der Waals surface area contributed by atoms with Gasteiger partial charge in [0.05, 0.1) is 12.7 Å². The van der Waals surface area contributed by atoms with Crippen molar-refractivity contribution in [2.75, 3.05) is 17.3 Å². The first kappa shape index (κ1) is 17.2. The highest BCUT2D eigenvalue weighted by Crippen LogP contribution is 2.26. The van der Waals surface area contributed by atoms with Crippen LogP contribution in [0, 0.1) is 0 Å². The molecule has 7 nitrogen and oxygen atoms in total. The SMILES string of the molecule is CSCC[C@H](C(=O)Nc1ccccc1-c1nnn(C)n1)n1cccc1. The predicted octanol–water partition coefficient (Wildman–Crippen LogP) is 2.61. The fourth-order valence-electron chi connectivity index (χ4n) is 2.60. The van der Waals surface area contributed by atoms with Crippen molar-refractivity contribution in [2.24, 2.45) is 7.05 Å². The largest absolute Gasteiger partial charge is 0.342 e. The highest BCUT2D eigenvalue weighted by molar-refractivity contribution is 7.98. The summed E-state index contributed by atoms with van der Waals surface area (Å²) in [5, 5.41) is 15.2. The van der Waals surface area contributed by atoms with E-state index in [1.807, 2.05) is 59.6 Å². The lowest BCUT2D eigenvalue weighted by atomic mass is 10.1. The number of aryl methyl sites for hydroxylation is 1. The number of tetrazole rings is 1. The van der Waals surface area contributed by atoms with E-state index in [2.05, 4.69) is 20.7 Å². The van der Waals surface area contributed by atoms with Crippen LogP contribution < -0.4 is 5.32 Å². The molecule has 0 aliphatic heterocycles. The molecule has 0 aliphatic carbocycles. The van der Waals surface area contributed by atoms with Crippen molar-refractivity contribution in [1.29, 1.82) is 0 Å². The van der Waals surface area contributed by atoms with Crippen molar-refractivity contribution in [3.05, 3.63) is 48.8 Å². The van der Waals surface area contributed by atoms with Gasteiger partial charge < -0.3 is 9.88 Å². The van der Waals surface area contributed by atoms with E-state index in [9.17, 15) is 4.79 Å². The minimum absolute atomic E-state index is 0.0541. The lowest BCUT2D eigenvalue weighted by molar-refractivity contribution is -0.119. The second kappa shape index (κ2) is 7.98. The number of carbonyl (C=O) groups is 1. The molecular formula is C17H20N6OS. The number of nitrogens with one attached hydrogen (secondary N) is 1. The maximum atomic E-state index is 12.9. The van der Waals surface area contributed by atoms with Crippen LogP contribution in [0.1, 0.15) is 12.5 Å². The molecule has 130 valence electrons. The molecule has 0 fully saturated rings. The molecule has 0 saturated heterocycles. The maximum Gasteiger partial charge on any atom is 0.247 e. The van der Waals surface area contributed by atoms with Gasteiger partial charge in [-0.05, 0) is 47.9 Å². The summed E-state index contributed by atoms with van der Waals surface area (Å²) in [6.45, 7) is 0. The Balaban J connectivity index is 1.84. The van der Waals surface area contributed by atoms with Crippen LogP contribution in [0.3, 0.4) is 0 Å². The van der Waals surface area contributed by atoms with Crippen LogP contribution in [0.2, 0.25) is 0 Å². The smallest absolute Gasteiger partial charge is 0.247 e. The standard InChI is InChI=1S/C17H20N6OS/c1-22-20-16(19-21-22)13-7-3-4-8-14(13)18-17(24)15(9-12-25-2)23-10-5-6-11-23/h3-8,10-11,15H,9,12H2,1-2H3,(H,18,24)/t15-/m1/s1. The van der Waals surface area contributed by atoms with Crippen molar-refractivity contribution in [3.8, 4) is 11.4 Å². The average Bonchev–Trinajstić information content (AvgIpc) is 3.28. The van der Waals surface area contributed by atoms with Crippen molar-refractivity contribution in [1.82, 2.24) is 24.8 Å². The predicted molar refractivity (Wildman–Crippen MR) is 99.3 cm³/mol. The van der Waals surface area contributed by atoms with E-state index >= 15 is 0 Å². The van der Waals surface area contributed by atoms with Crippen molar-refractivity contribution in [2.45, 2.75) is 12.5 Å². The number of para-hydroxylation sites is 1. The van der Waals surface area contributed by atoms with Gasteiger partial charge in [0, 0.05) is 18.0 Å². The van der Waals surface area contributed by atoms with Gasteiger partial charge in [0.2, 0.25) is 11.7 Å². The highest BCUT2D eigenvalue weighted by Gasteiger charge is 2.21. The van der Waals surface area contributed by atoms with Crippen LogP contribution in [-0.2, 0) is 11.8 Å². The van der Waals surface area contributed by atoms with E-state index in [1.54, 1.807) is 18.8 Å². The summed E-state index contributed by atoms with van der Waals surface area (Å²) in [6, 6.07) is 11.1. The van der Waals surface area contributed by atoms with Gasteiger partial charge in [-0.25, -0.2) is 0 Å². The third-order valence-corrected chi connectivity index (χ3v) is 4.46. The summed E-state index contributed by atoms with van der Waals surface area (Å²) in [5.74, 6) is 1.34. The number of hydrogen-bond acceptors (Lipinski definition) is 5. The number of carbonyl (C=O) groups excluding carboxylic acids is 1. The fraction of sp³-hybridized carbons (Fsp3) is 0.294. The number of rotatable bonds is 7.